The van der Waals surface area contributed by atoms with Crippen molar-refractivity contribution < 1.29 is 9.59 Å². The largest absolute Gasteiger partial charge is 0.366 e. The predicted octanol–water partition coefficient (Wildman–Crippen LogP) is 2.70. The summed E-state index contributed by atoms with van der Waals surface area (Å²) in [5.41, 5.74) is 6.81. The molecule has 3 N–H and O–H groups in total. The van der Waals surface area contributed by atoms with Crippen molar-refractivity contribution in [3.8, 4) is 0 Å². The third kappa shape index (κ3) is 3.08. The lowest BCUT2D eigenvalue weighted by molar-refractivity contribution is 0.0998. The lowest BCUT2D eigenvalue weighted by Gasteiger charge is -2.04. The van der Waals surface area contributed by atoms with E-state index in [0.717, 1.165) is 2.88 Å². The predicted molar refractivity (Wildman–Crippen MR) is 79.9 cm³/mol. The number of anilines is 1. The zero-order chi connectivity index (χ0) is 13.1. The smallest absolute Gasteiger partial charge is 0.256 e. The zero-order valence-electron chi connectivity index (χ0n) is 9.14. The van der Waals surface area contributed by atoms with E-state index in [4.69, 9.17) is 5.73 Å². The minimum atomic E-state index is -0.486. The summed E-state index contributed by atoms with van der Waals surface area (Å²) in [6.07, 6.45) is 0. The number of amides is 2. The number of benzene rings is 1. The molecule has 1 heterocycles. The minimum Gasteiger partial charge on any atom is -0.366 e. The fourth-order valence-corrected chi connectivity index (χ4v) is 2.68. The first kappa shape index (κ1) is 13.0. The van der Waals surface area contributed by atoms with E-state index < -0.39 is 5.91 Å². The number of hydrogen-bond acceptors (Lipinski definition) is 3. The summed E-state index contributed by atoms with van der Waals surface area (Å²) in [5, 5.41) is 4.55. The molecule has 0 fully saturated rings. The Morgan fingerprint density at radius 2 is 1.83 bits per heavy atom. The van der Waals surface area contributed by atoms with Crippen LogP contribution in [0, 0.1) is 2.88 Å². The number of carbonyl (C=O) groups excluding carboxylic acids is 2. The summed E-state index contributed by atoms with van der Waals surface area (Å²) in [6, 6.07) is 8.27. The molecule has 92 valence electrons. The molecule has 0 saturated heterocycles. The number of halogens is 1. The van der Waals surface area contributed by atoms with Crippen LogP contribution in [0.2, 0.25) is 0 Å². The number of thiophene rings is 1. The molecule has 2 aromatic rings. The molecule has 0 unspecified atom stereocenters. The number of nitrogens with two attached hydrogens (primary N) is 1. The van der Waals surface area contributed by atoms with Crippen LogP contribution in [0.15, 0.2) is 35.7 Å². The first-order valence-corrected chi connectivity index (χ1v) is 6.97. The van der Waals surface area contributed by atoms with Crippen LogP contribution in [-0.4, -0.2) is 11.8 Å². The summed E-state index contributed by atoms with van der Waals surface area (Å²) in [7, 11) is 0. The van der Waals surface area contributed by atoms with Gasteiger partial charge in [0.2, 0.25) is 5.91 Å². The van der Waals surface area contributed by atoms with Crippen LogP contribution in [-0.2, 0) is 0 Å². The van der Waals surface area contributed by atoms with Gasteiger partial charge in [-0.3, -0.25) is 9.59 Å². The average molecular weight is 372 g/mol. The Bertz CT molecular complexity index is 592. The van der Waals surface area contributed by atoms with Crippen LogP contribution in [0.3, 0.4) is 0 Å². The normalized spacial score (nSPS) is 10.1. The zero-order valence-corrected chi connectivity index (χ0v) is 12.1. The maximum Gasteiger partial charge on any atom is 0.256 e. The second kappa shape index (κ2) is 5.49. The van der Waals surface area contributed by atoms with Crippen LogP contribution in [0.5, 0.6) is 0 Å². The van der Waals surface area contributed by atoms with E-state index in [1.54, 1.807) is 29.6 Å². The van der Waals surface area contributed by atoms with E-state index in [-0.39, 0.29) is 5.91 Å². The van der Waals surface area contributed by atoms with Gasteiger partial charge in [0.15, 0.2) is 0 Å². The van der Waals surface area contributed by atoms with Gasteiger partial charge in [0.25, 0.3) is 5.91 Å². The van der Waals surface area contributed by atoms with Gasteiger partial charge in [0.1, 0.15) is 0 Å². The van der Waals surface area contributed by atoms with E-state index in [1.807, 2.05) is 6.07 Å². The van der Waals surface area contributed by atoms with E-state index in [0.29, 0.717) is 16.8 Å². The molecule has 0 spiro atoms. The number of carbonyl (C=O) groups is 2. The van der Waals surface area contributed by atoms with Crippen LogP contribution in [0.25, 0.3) is 0 Å². The van der Waals surface area contributed by atoms with Gasteiger partial charge >= 0.3 is 0 Å². The summed E-state index contributed by atoms with van der Waals surface area (Å²) in [4.78, 5) is 22.7. The number of primary amides is 1. The maximum absolute atomic E-state index is 11.8. The van der Waals surface area contributed by atoms with Crippen LogP contribution in [0.1, 0.15) is 20.7 Å². The minimum absolute atomic E-state index is 0.166. The monoisotopic (exact) mass is 372 g/mol. The summed E-state index contributed by atoms with van der Waals surface area (Å²) in [6.45, 7) is 0. The van der Waals surface area contributed by atoms with Crippen LogP contribution in [0.4, 0.5) is 5.69 Å². The molecule has 1 aromatic carbocycles. The van der Waals surface area contributed by atoms with E-state index in [9.17, 15) is 9.59 Å². The van der Waals surface area contributed by atoms with E-state index in [1.165, 1.54) is 11.3 Å². The van der Waals surface area contributed by atoms with Gasteiger partial charge in [0.05, 0.1) is 8.45 Å². The third-order valence-corrected chi connectivity index (χ3v) is 4.05. The molecule has 2 amide bonds. The molecule has 6 heteroatoms. The molecule has 1 aromatic heterocycles. The molecule has 4 nitrogen and oxygen atoms in total. The summed E-state index contributed by atoms with van der Waals surface area (Å²) >= 11 is 3.68. The van der Waals surface area contributed by atoms with Crippen molar-refractivity contribution in [2.75, 3.05) is 5.32 Å². The second-order valence-electron chi connectivity index (χ2n) is 3.54. The highest BCUT2D eigenvalue weighted by atomic mass is 127. The van der Waals surface area contributed by atoms with Gasteiger partial charge < -0.3 is 11.1 Å². The quantitative estimate of drug-likeness (QED) is 0.814. The van der Waals surface area contributed by atoms with Crippen molar-refractivity contribution in [1.82, 2.24) is 0 Å². The Balaban J connectivity index is 2.10. The molecule has 0 aliphatic rings. The van der Waals surface area contributed by atoms with Gasteiger partial charge in [-0.15, -0.1) is 11.3 Å². The Morgan fingerprint density at radius 3 is 2.33 bits per heavy atom. The Hall–Kier alpha value is -1.41. The van der Waals surface area contributed by atoms with Crippen molar-refractivity contribution in [2.24, 2.45) is 5.73 Å². The topological polar surface area (TPSA) is 72.2 Å². The number of nitrogens with one attached hydrogen (secondary N) is 1. The van der Waals surface area contributed by atoms with Gasteiger partial charge in [0, 0.05) is 16.6 Å². The van der Waals surface area contributed by atoms with Crippen LogP contribution >= 0.6 is 33.9 Å². The van der Waals surface area contributed by atoms with Crippen molar-refractivity contribution in [3.63, 3.8) is 0 Å². The maximum atomic E-state index is 11.8. The number of rotatable bonds is 3. The molecule has 0 aliphatic carbocycles. The first-order chi connectivity index (χ1) is 8.56. The highest BCUT2D eigenvalue weighted by Crippen LogP contribution is 2.18. The standard InChI is InChI=1S/C12H9IN2O2S/c13-10-5-8(6-18-10)12(17)15-9-3-1-7(2-4-9)11(14)16/h1-6H,(H2,14,16)(H,15,17). The van der Waals surface area contributed by atoms with Gasteiger partial charge in [-0.25, -0.2) is 0 Å². The fraction of sp³-hybridized carbons (Fsp3) is 0. The lowest BCUT2D eigenvalue weighted by Crippen LogP contribution is -2.12. The Morgan fingerprint density at radius 1 is 1.17 bits per heavy atom. The SMILES string of the molecule is NC(=O)c1ccc(NC(=O)c2csc(I)c2)cc1. The third-order valence-electron chi connectivity index (χ3n) is 2.26. The molecular weight excluding hydrogens is 363 g/mol. The average Bonchev–Trinajstić information content (AvgIpc) is 2.76. The highest BCUT2D eigenvalue weighted by Gasteiger charge is 2.08. The molecule has 2 rings (SSSR count). The molecule has 0 atom stereocenters. The first-order valence-electron chi connectivity index (χ1n) is 5.01. The summed E-state index contributed by atoms with van der Waals surface area (Å²) in [5.74, 6) is -0.652. The molecule has 18 heavy (non-hydrogen) atoms. The van der Waals surface area contributed by atoms with Gasteiger partial charge in [-0.1, -0.05) is 0 Å². The van der Waals surface area contributed by atoms with Crippen molar-refractivity contribution >= 4 is 51.4 Å². The van der Waals surface area contributed by atoms with Gasteiger partial charge in [-0.05, 0) is 52.9 Å². The van der Waals surface area contributed by atoms with Crippen molar-refractivity contribution in [1.29, 1.82) is 0 Å². The van der Waals surface area contributed by atoms with Gasteiger partial charge in [-0.2, -0.15) is 0 Å². The highest BCUT2D eigenvalue weighted by molar-refractivity contribution is 14.1. The second-order valence-corrected chi connectivity index (χ2v) is 6.34. The number of hydrogen-bond donors (Lipinski definition) is 2. The fourth-order valence-electron chi connectivity index (χ4n) is 1.35. The molecular formula is C12H9IN2O2S. The van der Waals surface area contributed by atoms with Crippen molar-refractivity contribution in [3.05, 3.63) is 49.7 Å². The summed E-state index contributed by atoms with van der Waals surface area (Å²) < 4.78 is 1.06. The molecule has 0 radical (unpaired) electrons. The van der Waals surface area contributed by atoms with E-state index in [2.05, 4.69) is 27.9 Å². The van der Waals surface area contributed by atoms with Crippen LogP contribution < -0.4 is 11.1 Å². The Kier molecular flexibility index (Phi) is 3.97. The molecule has 0 bridgehead atoms. The lowest BCUT2D eigenvalue weighted by atomic mass is 10.2. The Labute approximate surface area is 121 Å². The molecule has 0 aliphatic heterocycles. The molecule has 0 saturated carbocycles. The van der Waals surface area contributed by atoms with E-state index >= 15 is 0 Å². The van der Waals surface area contributed by atoms with Crippen molar-refractivity contribution in [2.45, 2.75) is 0 Å².